The van der Waals surface area contributed by atoms with Crippen LogP contribution in [0.1, 0.15) is 12.5 Å². The molecule has 0 saturated carbocycles. The van der Waals surface area contributed by atoms with Crippen LogP contribution < -0.4 is 11.1 Å². The number of carbonyl (C=O) groups excluding carboxylic acids is 3. The molecule has 126 valence electrons. The summed E-state index contributed by atoms with van der Waals surface area (Å²) in [6.07, 6.45) is -0.823. The quantitative estimate of drug-likeness (QED) is 0.523. The van der Waals surface area contributed by atoms with Crippen molar-refractivity contribution in [1.29, 1.82) is 0 Å². The van der Waals surface area contributed by atoms with E-state index in [1.807, 2.05) is 18.2 Å². The van der Waals surface area contributed by atoms with Crippen LogP contribution in [-0.2, 0) is 30.4 Å². The van der Waals surface area contributed by atoms with Crippen LogP contribution in [0.25, 0.3) is 0 Å². The number of ether oxygens (including phenoxy) is 3. The highest BCUT2D eigenvalue weighted by Crippen LogP contribution is 2.01. The van der Waals surface area contributed by atoms with Crippen LogP contribution >= 0.6 is 0 Å². The summed E-state index contributed by atoms with van der Waals surface area (Å²) in [5, 5.41) is 2.30. The summed E-state index contributed by atoms with van der Waals surface area (Å²) in [4.78, 5) is 34.5. The molecule has 0 aliphatic carbocycles. The van der Waals surface area contributed by atoms with Crippen LogP contribution in [0.3, 0.4) is 0 Å². The van der Waals surface area contributed by atoms with Gasteiger partial charge in [-0.3, -0.25) is 4.79 Å². The zero-order valence-corrected chi connectivity index (χ0v) is 12.8. The molecule has 3 N–H and O–H groups in total. The normalized spacial score (nSPS) is 11.2. The maximum Gasteiger partial charge on any atom is 0.408 e. The second-order valence-electron chi connectivity index (χ2n) is 4.40. The molecule has 0 aromatic heterocycles. The van der Waals surface area contributed by atoms with Crippen molar-refractivity contribution in [3.63, 3.8) is 0 Å². The number of hydrogen-bond acceptors (Lipinski definition) is 7. The van der Waals surface area contributed by atoms with E-state index in [1.165, 1.54) is 0 Å². The molecule has 0 saturated heterocycles. The van der Waals surface area contributed by atoms with Crippen molar-refractivity contribution in [2.75, 3.05) is 19.8 Å². The fourth-order valence-corrected chi connectivity index (χ4v) is 1.55. The number of rotatable bonds is 8. The fourth-order valence-electron chi connectivity index (χ4n) is 1.55. The molecule has 0 heterocycles. The minimum Gasteiger partial charge on any atom is -0.464 e. The number of nitrogens with one attached hydrogen (secondary N) is 1. The van der Waals surface area contributed by atoms with Gasteiger partial charge in [0, 0.05) is 0 Å². The zero-order valence-electron chi connectivity index (χ0n) is 12.8. The van der Waals surface area contributed by atoms with E-state index in [0.29, 0.717) is 0 Å². The fraction of sp³-hybridized carbons (Fsp3) is 0.400. The van der Waals surface area contributed by atoms with Crippen LogP contribution in [0.15, 0.2) is 30.3 Å². The summed E-state index contributed by atoms with van der Waals surface area (Å²) in [5.41, 5.74) is 5.90. The molecule has 1 atom stereocenters. The van der Waals surface area contributed by atoms with Crippen molar-refractivity contribution in [2.24, 2.45) is 5.73 Å². The summed E-state index contributed by atoms with van der Waals surface area (Å²) in [6, 6.07) is 7.88. The van der Waals surface area contributed by atoms with Gasteiger partial charge in [0.25, 0.3) is 0 Å². The number of esters is 2. The first-order valence-corrected chi connectivity index (χ1v) is 7.06. The summed E-state index contributed by atoms with van der Waals surface area (Å²) in [6.45, 7) is 1.09. The summed E-state index contributed by atoms with van der Waals surface area (Å²) in [7, 11) is 0. The third kappa shape index (κ3) is 7.28. The number of alkyl carbamates (subject to hydrolysis) is 1. The molecule has 1 aromatic rings. The van der Waals surface area contributed by atoms with Crippen LogP contribution in [0.5, 0.6) is 0 Å². The van der Waals surface area contributed by atoms with Crippen LogP contribution in [0, 0.1) is 0 Å². The van der Waals surface area contributed by atoms with E-state index in [-0.39, 0.29) is 26.4 Å². The Kier molecular flexibility index (Phi) is 8.16. The van der Waals surface area contributed by atoms with E-state index in [0.717, 1.165) is 5.56 Å². The lowest BCUT2D eigenvalue weighted by Gasteiger charge is -2.17. The zero-order chi connectivity index (χ0) is 17.1. The minimum atomic E-state index is -1.16. The Morgan fingerprint density at radius 3 is 2.43 bits per heavy atom. The standard InChI is InChI=1S/C15H20N2O6/c1-2-21-14(19)12(10-22-13(18)8-16)17-15(20)23-9-11-6-4-3-5-7-11/h3-7,12H,2,8-10,16H2,1H3,(H,17,20)/t12-/m0/s1. The third-order valence-corrected chi connectivity index (χ3v) is 2.65. The molecule has 0 fully saturated rings. The number of hydrogen-bond donors (Lipinski definition) is 2. The first-order valence-electron chi connectivity index (χ1n) is 7.06. The van der Waals surface area contributed by atoms with Crippen molar-refractivity contribution in [1.82, 2.24) is 5.32 Å². The Balaban J connectivity index is 2.51. The molecule has 8 nitrogen and oxygen atoms in total. The average Bonchev–Trinajstić information content (AvgIpc) is 2.57. The van der Waals surface area contributed by atoms with Gasteiger partial charge in [0.15, 0.2) is 6.04 Å². The van der Waals surface area contributed by atoms with Crippen LogP contribution in [0.2, 0.25) is 0 Å². The molecule has 0 spiro atoms. The van der Waals surface area contributed by atoms with Crippen molar-refractivity contribution in [3.05, 3.63) is 35.9 Å². The predicted octanol–water partition coefficient (Wildman–Crippen LogP) is 0.346. The molecular formula is C15H20N2O6. The largest absolute Gasteiger partial charge is 0.464 e. The van der Waals surface area contributed by atoms with Crippen molar-refractivity contribution in [2.45, 2.75) is 19.6 Å². The van der Waals surface area contributed by atoms with E-state index in [2.05, 4.69) is 5.32 Å². The lowest BCUT2D eigenvalue weighted by atomic mass is 10.2. The van der Waals surface area contributed by atoms with Crippen LogP contribution in [-0.4, -0.2) is 43.8 Å². The Labute approximate surface area is 133 Å². The lowest BCUT2D eigenvalue weighted by Crippen LogP contribution is -2.46. The van der Waals surface area contributed by atoms with Gasteiger partial charge in [-0.25, -0.2) is 9.59 Å². The molecule has 0 radical (unpaired) electrons. The van der Waals surface area contributed by atoms with E-state index in [4.69, 9.17) is 19.9 Å². The monoisotopic (exact) mass is 324 g/mol. The van der Waals surface area contributed by atoms with Gasteiger partial charge in [-0.2, -0.15) is 0 Å². The van der Waals surface area contributed by atoms with Crippen molar-refractivity contribution >= 4 is 18.0 Å². The highest BCUT2D eigenvalue weighted by Gasteiger charge is 2.24. The number of amides is 1. The molecule has 0 aliphatic rings. The van der Waals surface area contributed by atoms with Crippen molar-refractivity contribution in [3.8, 4) is 0 Å². The lowest BCUT2D eigenvalue weighted by molar-refractivity contribution is -0.151. The summed E-state index contributed by atoms with van der Waals surface area (Å²) < 4.78 is 14.5. The topological polar surface area (TPSA) is 117 Å². The number of benzene rings is 1. The van der Waals surface area contributed by atoms with E-state index in [1.54, 1.807) is 19.1 Å². The van der Waals surface area contributed by atoms with Gasteiger partial charge >= 0.3 is 18.0 Å². The van der Waals surface area contributed by atoms with Crippen LogP contribution in [0.4, 0.5) is 4.79 Å². The Hall–Kier alpha value is -2.61. The third-order valence-electron chi connectivity index (χ3n) is 2.65. The van der Waals surface area contributed by atoms with Gasteiger partial charge < -0.3 is 25.3 Å². The van der Waals surface area contributed by atoms with Crippen molar-refractivity contribution < 1.29 is 28.6 Å². The highest BCUT2D eigenvalue weighted by molar-refractivity contribution is 5.82. The number of nitrogens with two attached hydrogens (primary N) is 1. The Bertz CT molecular complexity index is 520. The molecular weight excluding hydrogens is 304 g/mol. The molecule has 0 aliphatic heterocycles. The first kappa shape index (κ1) is 18.4. The number of carbonyl (C=O) groups is 3. The van der Waals surface area contributed by atoms with E-state index in [9.17, 15) is 14.4 Å². The molecule has 0 bridgehead atoms. The summed E-state index contributed by atoms with van der Waals surface area (Å²) >= 11 is 0. The minimum absolute atomic E-state index is 0.0464. The maximum absolute atomic E-state index is 11.7. The summed E-state index contributed by atoms with van der Waals surface area (Å²) in [5.74, 6) is -1.42. The predicted molar refractivity (Wildman–Crippen MR) is 80.2 cm³/mol. The smallest absolute Gasteiger partial charge is 0.408 e. The average molecular weight is 324 g/mol. The molecule has 1 rings (SSSR count). The first-order chi connectivity index (χ1) is 11.1. The highest BCUT2D eigenvalue weighted by atomic mass is 16.6. The van der Waals surface area contributed by atoms with Gasteiger partial charge in [-0.15, -0.1) is 0 Å². The van der Waals surface area contributed by atoms with E-state index < -0.39 is 24.1 Å². The van der Waals surface area contributed by atoms with Gasteiger partial charge in [0.1, 0.15) is 13.2 Å². The molecule has 1 amide bonds. The Morgan fingerprint density at radius 2 is 1.83 bits per heavy atom. The SMILES string of the molecule is CCOC(=O)[C@H](COC(=O)CN)NC(=O)OCc1ccccc1. The van der Waals surface area contributed by atoms with Gasteiger partial charge in [0.2, 0.25) is 0 Å². The molecule has 0 unspecified atom stereocenters. The second kappa shape index (κ2) is 10.2. The molecule has 8 heteroatoms. The Morgan fingerprint density at radius 1 is 1.13 bits per heavy atom. The van der Waals surface area contributed by atoms with E-state index >= 15 is 0 Å². The maximum atomic E-state index is 11.7. The van der Waals surface area contributed by atoms with Gasteiger partial charge in [0.05, 0.1) is 13.2 Å². The van der Waals surface area contributed by atoms with Gasteiger partial charge in [-0.05, 0) is 12.5 Å². The molecule has 1 aromatic carbocycles. The van der Waals surface area contributed by atoms with Gasteiger partial charge in [-0.1, -0.05) is 30.3 Å². The molecule has 23 heavy (non-hydrogen) atoms. The second-order valence-corrected chi connectivity index (χ2v) is 4.40.